The molecule has 0 radical (unpaired) electrons. The van der Waals surface area contributed by atoms with Crippen molar-refractivity contribution in [3.63, 3.8) is 0 Å². The van der Waals surface area contributed by atoms with E-state index in [4.69, 9.17) is 4.74 Å². The van der Waals surface area contributed by atoms with Crippen LogP contribution in [0.1, 0.15) is 37.3 Å². The van der Waals surface area contributed by atoms with Crippen LogP contribution in [0, 0.1) is 5.92 Å². The molecule has 6 nitrogen and oxygen atoms in total. The van der Waals surface area contributed by atoms with Crippen LogP contribution in [0.25, 0.3) is 0 Å². The van der Waals surface area contributed by atoms with E-state index < -0.39 is 0 Å². The Morgan fingerprint density at radius 3 is 2.81 bits per heavy atom. The van der Waals surface area contributed by atoms with Gasteiger partial charge in [0.15, 0.2) is 11.7 Å². The molecule has 0 bridgehead atoms. The number of piperidine rings is 1. The number of ether oxygens (including phenoxy) is 1. The second-order valence-electron chi connectivity index (χ2n) is 7.12. The largest absolute Gasteiger partial charge is 0.484 e. The lowest BCUT2D eigenvalue weighted by Crippen LogP contribution is -2.45. The van der Waals surface area contributed by atoms with Crippen LogP contribution < -0.4 is 10.1 Å². The Bertz CT molecular complexity index is 804. The minimum atomic E-state index is -0.201. The molecular weight excluding hydrogens is 362 g/mol. The number of anilines is 1. The first-order valence-electron chi connectivity index (χ1n) is 9.41. The maximum absolute atomic E-state index is 12.6. The van der Waals surface area contributed by atoms with Gasteiger partial charge in [-0.05, 0) is 37.8 Å². The minimum Gasteiger partial charge on any atom is -0.484 e. The highest BCUT2D eigenvalue weighted by Crippen LogP contribution is 2.40. The Hall–Kier alpha value is -2.41. The number of para-hydroxylation sites is 1. The Balaban J connectivity index is 1.28. The normalized spacial score (nSPS) is 19.6. The van der Waals surface area contributed by atoms with Gasteiger partial charge in [-0.25, -0.2) is 4.98 Å². The molecule has 2 aromatic rings. The Labute approximate surface area is 162 Å². The van der Waals surface area contributed by atoms with Gasteiger partial charge in [-0.3, -0.25) is 9.59 Å². The van der Waals surface area contributed by atoms with E-state index in [2.05, 4.69) is 10.3 Å². The van der Waals surface area contributed by atoms with E-state index in [0.717, 1.165) is 18.5 Å². The summed E-state index contributed by atoms with van der Waals surface area (Å²) in [6.45, 7) is 1.10. The highest BCUT2D eigenvalue weighted by atomic mass is 32.1. The van der Waals surface area contributed by atoms with Crippen molar-refractivity contribution in [2.45, 2.75) is 31.6 Å². The number of hydrogen-bond acceptors (Lipinski definition) is 5. The molecule has 1 saturated carbocycles. The van der Waals surface area contributed by atoms with Crippen LogP contribution in [0.4, 0.5) is 5.13 Å². The fourth-order valence-corrected chi connectivity index (χ4v) is 4.08. The first kappa shape index (κ1) is 18.0. The van der Waals surface area contributed by atoms with Crippen molar-refractivity contribution >= 4 is 28.3 Å². The van der Waals surface area contributed by atoms with Gasteiger partial charge in [-0.15, -0.1) is 11.3 Å². The summed E-state index contributed by atoms with van der Waals surface area (Å²) in [5.74, 6) is 0.925. The smallest absolute Gasteiger partial charge is 0.260 e. The molecular formula is C20H23N3O3S. The number of carbonyl (C=O) groups is 2. The van der Waals surface area contributed by atoms with Gasteiger partial charge in [0, 0.05) is 24.4 Å². The molecule has 27 heavy (non-hydrogen) atoms. The van der Waals surface area contributed by atoms with Gasteiger partial charge in [-0.2, -0.15) is 0 Å². The van der Waals surface area contributed by atoms with Crippen molar-refractivity contribution in [3.05, 3.63) is 41.4 Å². The number of nitrogens with zero attached hydrogens (tertiary/aromatic N) is 2. The lowest BCUT2D eigenvalue weighted by Gasteiger charge is -2.31. The Morgan fingerprint density at radius 2 is 2.04 bits per heavy atom. The lowest BCUT2D eigenvalue weighted by molar-refractivity contribution is -0.136. The second kappa shape index (κ2) is 8.08. The van der Waals surface area contributed by atoms with E-state index in [9.17, 15) is 9.59 Å². The number of nitrogens with one attached hydrogen (secondary N) is 1. The number of aromatic nitrogens is 1. The highest BCUT2D eigenvalue weighted by Gasteiger charge is 2.30. The topological polar surface area (TPSA) is 71.5 Å². The van der Waals surface area contributed by atoms with Crippen LogP contribution in [0.5, 0.6) is 5.75 Å². The predicted molar refractivity (Wildman–Crippen MR) is 104 cm³/mol. The Kier molecular flexibility index (Phi) is 5.38. The number of hydrogen-bond donors (Lipinski definition) is 1. The van der Waals surface area contributed by atoms with Crippen molar-refractivity contribution in [2.24, 2.45) is 5.92 Å². The molecule has 2 heterocycles. The van der Waals surface area contributed by atoms with Crippen molar-refractivity contribution in [2.75, 3.05) is 25.0 Å². The van der Waals surface area contributed by atoms with Crippen molar-refractivity contribution in [1.82, 2.24) is 9.88 Å². The third kappa shape index (κ3) is 4.66. The van der Waals surface area contributed by atoms with E-state index >= 15 is 0 Å². The second-order valence-corrected chi connectivity index (χ2v) is 7.98. The fraction of sp³-hybridized carbons (Fsp3) is 0.450. The lowest BCUT2D eigenvalue weighted by atomic mass is 9.97. The van der Waals surface area contributed by atoms with E-state index in [1.165, 1.54) is 24.2 Å². The first-order valence-corrected chi connectivity index (χ1v) is 10.3. The van der Waals surface area contributed by atoms with E-state index in [1.54, 1.807) is 4.90 Å². The van der Waals surface area contributed by atoms with Crippen LogP contribution in [-0.4, -0.2) is 41.4 Å². The Morgan fingerprint density at radius 1 is 1.22 bits per heavy atom. The van der Waals surface area contributed by atoms with Gasteiger partial charge >= 0.3 is 0 Å². The summed E-state index contributed by atoms with van der Waals surface area (Å²) in [4.78, 5) is 31.3. The molecule has 142 valence electrons. The molecule has 0 spiro atoms. The molecule has 1 atom stereocenters. The zero-order valence-corrected chi connectivity index (χ0v) is 15.9. The highest BCUT2D eigenvalue weighted by molar-refractivity contribution is 7.13. The van der Waals surface area contributed by atoms with Crippen molar-refractivity contribution < 1.29 is 14.3 Å². The summed E-state index contributed by atoms with van der Waals surface area (Å²) >= 11 is 1.48. The summed E-state index contributed by atoms with van der Waals surface area (Å²) in [5, 5.41) is 5.63. The molecule has 1 saturated heterocycles. The number of thiazole rings is 1. The van der Waals surface area contributed by atoms with E-state index in [1.807, 2.05) is 35.7 Å². The van der Waals surface area contributed by atoms with E-state index in [-0.39, 0.29) is 24.3 Å². The third-order valence-corrected chi connectivity index (χ3v) is 5.77. The number of amides is 2. The molecule has 7 heteroatoms. The third-order valence-electron chi connectivity index (χ3n) is 5.00. The van der Waals surface area contributed by atoms with Crippen LogP contribution in [-0.2, 0) is 9.59 Å². The van der Waals surface area contributed by atoms with Gasteiger partial charge in [0.25, 0.3) is 5.91 Å². The van der Waals surface area contributed by atoms with Crippen molar-refractivity contribution in [1.29, 1.82) is 0 Å². The molecule has 1 aromatic heterocycles. The SMILES string of the molecule is O=C(Nc1nc(C2CC2)cs1)C1CCCN(C(=O)COc2ccccc2)C1. The average Bonchev–Trinajstić information content (AvgIpc) is 3.46. The number of carbonyl (C=O) groups excluding carboxylic acids is 2. The maximum atomic E-state index is 12.6. The van der Waals surface area contributed by atoms with Crippen molar-refractivity contribution in [3.8, 4) is 5.75 Å². The molecule has 1 aliphatic carbocycles. The molecule has 1 aromatic carbocycles. The van der Waals surface area contributed by atoms with Gasteiger partial charge < -0.3 is 15.0 Å². The van der Waals surface area contributed by atoms with Gasteiger partial charge in [0.05, 0.1) is 11.6 Å². The van der Waals surface area contributed by atoms with Gasteiger partial charge in [-0.1, -0.05) is 18.2 Å². The van der Waals surface area contributed by atoms with E-state index in [0.29, 0.717) is 29.9 Å². The monoisotopic (exact) mass is 385 g/mol. The molecule has 4 rings (SSSR count). The molecule has 1 aliphatic heterocycles. The summed E-state index contributed by atoms with van der Waals surface area (Å²) in [7, 11) is 0. The zero-order chi connectivity index (χ0) is 18.6. The van der Waals surface area contributed by atoms with Crippen LogP contribution in [0.2, 0.25) is 0 Å². The minimum absolute atomic E-state index is 0.00438. The van der Waals surface area contributed by atoms with Gasteiger partial charge in [0.2, 0.25) is 5.91 Å². The van der Waals surface area contributed by atoms with Crippen LogP contribution >= 0.6 is 11.3 Å². The predicted octanol–water partition coefficient (Wildman–Crippen LogP) is 3.28. The van der Waals surface area contributed by atoms with Gasteiger partial charge in [0.1, 0.15) is 5.75 Å². The zero-order valence-electron chi connectivity index (χ0n) is 15.1. The van der Waals surface area contributed by atoms with Crippen LogP contribution in [0.15, 0.2) is 35.7 Å². The summed E-state index contributed by atoms with van der Waals surface area (Å²) in [6, 6.07) is 9.29. The first-order chi connectivity index (χ1) is 13.2. The summed E-state index contributed by atoms with van der Waals surface area (Å²) < 4.78 is 5.54. The molecule has 2 aliphatic rings. The summed E-state index contributed by atoms with van der Waals surface area (Å²) in [6.07, 6.45) is 4.00. The molecule has 1 unspecified atom stereocenters. The number of likely N-dealkylation sites (tertiary alicyclic amines) is 1. The number of rotatable bonds is 6. The maximum Gasteiger partial charge on any atom is 0.260 e. The molecule has 2 fully saturated rings. The average molecular weight is 385 g/mol. The standard InChI is InChI=1S/C20H23N3O3S/c24-18(12-26-16-6-2-1-3-7-16)23-10-4-5-15(11-23)19(25)22-20-21-17(13-27-20)14-8-9-14/h1-3,6-7,13-15H,4-5,8-12H2,(H,21,22,25). The van der Waals surface area contributed by atoms with Crippen LogP contribution in [0.3, 0.4) is 0 Å². The quantitative estimate of drug-likeness (QED) is 0.828. The molecule has 1 N–H and O–H groups in total. The molecule has 2 amide bonds. The number of benzene rings is 1. The summed E-state index contributed by atoms with van der Waals surface area (Å²) in [5.41, 5.74) is 1.09. The fourth-order valence-electron chi connectivity index (χ4n) is 3.29.